The summed E-state index contributed by atoms with van der Waals surface area (Å²) in [7, 11) is 1.71. The van der Waals surface area contributed by atoms with E-state index in [-0.39, 0.29) is 12.0 Å². The number of rotatable bonds is 2. The summed E-state index contributed by atoms with van der Waals surface area (Å²) < 4.78 is 7.26. The minimum atomic E-state index is 0.0657. The van der Waals surface area contributed by atoms with Gasteiger partial charge in [0.1, 0.15) is 0 Å². The Morgan fingerprint density at radius 1 is 1.32 bits per heavy atom. The molecule has 0 aliphatic carbocycles. The number of ether oxygens (including phenoxy) is 1. The molecule has 19 heavy (non-hydrogen) atoms. The summed E-state index contributed by atoms with van der Waals surface area (Å²) in [4.78, 5) is 14.4. The first-order valence-corrected chi connectivity index (χ1v) is 7.88. The molecule has 2 atom stereocenters. The van der Waals surface area contributed by atoms with E-state index in [9.17, 15) is 4.79 Å². The summed E-state index contributed by atoms with van der Waals surface area (Å²) >= 11 is 6.83. The molecule has 1 amide bonds. The van der Waals surface area contributed by atoms with Crippen molar-refractivity contribution in [2.75, 3.05) is 20.2 Å². The number of hydrogen-bond donors (Lipinski definition) is 0. The van der Waals surface area contributed by atoms with Crippen LogP contribution in [0.3, 0.4) is 0 Å². The fourth-order valence-electron chi connectivity index (χ4n) is 2.38. The Kier molecular flexibility index (Phi) is 5.03. The molecule has 1 aliphatic heterocycles. The molecule has 0 radical (unpaired) electrons. The van der Waals surface area contributed by atoms with Crippen molar-refractivity contribution in [3.8, 4) is 0 Å². The van der Waals surface area contributed by atoms with Crippen molar-refractivity contribution in [1.82, 2.24) is 4.90 Å². The number of carbonyl (C=O) groups is 1. The van der Waals surface area contributed by atoms with Gasteiger partial charge in [-0.3, -0.25) is 4.79 Å². The third-order valence-corrected chi connectivity index (χ3v) is 4.50. The highest BCUT2D eigenvalue weighted by Gasteiger charge is 2.29. The molecule has 0 aromatic heterocycles. The average Bonchev–Trinajstić information content (AvgIpc) is 2.37. The Morgan fingerprint density at radius 2 is 1.95 bits per heavy atom. The summed E-state index contributed by atoms with van der Waals surface area (Å²) in [5.74, 6) is 0.569. The molecule has 0 saturated carbocycles. The van der Waals surface area contributed by atoms with Gasteiger partial charge in [0.2, 0.25) is 0 Å². The second-order valence-electron chi connectivity index (χ2n) is 4.95. The van der Waals surface area contributed by atoms with Crippen molar-refractivity contribution in [3.63, 3.8) is 0 Å². The number of halogens is 2. The fraction of sp³-hybridized carbons (Fsp3) is 0.500. The van der Waals surface area contributed by atoms with E-state index in [2.05, 4.69) is 38.8 Å². The smallest absolute Gasteiger partial charge is 0.254 e. The van der Waals surface area contributed by atoms with Gasteiger partial charge in [-0.2, -0.15) is 0 Å². The molecule has 0 bridgehead atoms. The topological polar surface area (TPSA) is 29.5 Å². The Labute approximate surface area is 130 Å². The van der Waals surface area contributed by atoms with Gasteiger partial charge in [-0.15, -0.1) is 0 Å². The fourth-order valence-corrected chi connectivity index (χ4v) is 3.68. The largest absolute Gasteiger partial charge is 0.379 e. The van der Waals surface area contributed by atoms with E-state index in [0.29, 0.717) is 18.0 Å². The Hall–Kier alpha value is -0.390. The summed E-state index contributed by atoms with van der Waals surface area (Å²) in [6.45, 7) is 3.64. The molecule has 104 valence electrons. The molecule has 1 heterocycles. The van der Waals surface area contributed by atoms with Crippen molar-refractivity contribution < 1.29 is 9.53 Å². The van der Waals surface area contributed by atoms with Gasteiger partial charge in [-0.1, -0.05) is 38.8 Å². The van der Waals surface area contributed by atoms with Crippen LogP contribution in [0, 0.1) is 5.92 Å². The predicted octanol–water partition coefficient (Wildman–Crippen LogP) is 3.71. The highest BCUT2D eigenvalue weighted by molar-refractivity contribution is 9.11. The van der Waals surface area contributed by atoms with Crippen LogP contribution in [0.4, 0.5) is 0 Å². The lowest BCUT2D eigenvalue weighted by Gasteiger charge is -2.36. The van der Waals surface area contributed by atoms with E-state index in [1.807, 2.05) is 23.1 Å². The molecule has 5 heteroatoms. The van der Waals surface area contributed by atoms with Gasteiger partial charge in [0, 0.05) is 34.7 Å². The third-order valence-electron chi connectivity index (χ3n) is 3.59. The van der Waals surface area contributed by atoms with Gasteiger partial charge in [0.15, 0.2) is 0 Å². The standard InChI is InChI=1S/C14H17Br2NO2/c1-9-3-4-17(8-13(9)19-2)14(18)10-5-11(15)7-12(16)6-10/h5-7,9,13H,3-4,8H2,1-2H3. The van der Waals surface area contributed by atoms with E-state index in [1.165, 1.54) is 0 Å². The van der Waals surface area contributed by atoms with Gasteiger partial charge in [-0.25, -0.2) is 0 Å². The minimum Gasteiger partial charge on any atom is -0.379 e. The van der Waals surface area contributed by atoms with Crippen LogP contribution >= 0.6 is 31.9 Å². The van der Waals surface area contributed by atoms with Crippen LogP contribution in [0.15, 0.2) is 27.1 Å². The second kappa shape index (κ2) is 6.37. The molecular weight excluding hydrogens is 374 g/mol. The Morgan fingerprint density at radius 3 is 2.53 bits per heavy atom. The van der Waals surface area contributed by atoms with E-state index in [1.54, 1.807) is 7.11 Å². The van der Waals surface area contributed by atoms with E-state index in [4.69, 9.17) is 4.74 Å². The van der Waals surface area contributed by atoms with Crippen molar-refractivity contribution in [1.29, 1.82) is 0 Å². The normalized spacial score (nSPS) is 23.5. The van der Waals surface area contributed by atoms with Crippen LogP contribution in [0.25, 0.3) is 0 Å². The highest BCUT2D eigenvalue weighted by Crippen LogP contribution is 2.24. The summed E-state index contributed by atoms with van der Waals surface area (Å²) in [5.41, 5.74) is 0.700. The number of benzene rings is 1. The van der Waals surface area contributed by atoms with Crippen molar-refractivity contribution in [2.24, 2.45) is 5.92 Å². The number of methoxy groups -OCH3 is 1. The molecule has 2 rings (SSSR count). The van der Waals surface area contributed by atoms with Gasteiger partial charge in [0.05, 0.1) is 6.10 Å². The Balaban J connectivity index is 2.15. The zero-order valence-electron chi connectivity index (χ0n) is 11.0. The maximum atomic E-state index is 12.5. The maximum Gasteiger partial charge on any atom is 0.254 e. The third kappa shape index (κ3) is 3.58. The first kappa shape index (κ1) is 15.0. The van der Waals surface area contributed by atoms with Gasteiger partial charge in [0.25, 0.3) is 5.91 Å². The number of amides is 1. The quantitative estimate of drug-likeness (QED) is 0.770. The lowest BCUT2D eigenvalue weighted by Crippen LogP contribution is -2.46. The van der Waals surface area contributed by atoms with E-state index in [0.717, 1.165) is 21.9 Å². The Bertz CT molecular complexity index is 458. The molecule has 0 N–H and O–H groups in total. The van der Waals surface area contributed by atoms with Crippen molar-refractivity contribution in [2.45, 2.75) is 19.4 Å². The molecule has 2 unspecified atom stereocenters. The van der Waals surface area contributed by atoms with Crippen LogP contribution < -0.4 is 0 Å². The number of likely N-dealkylation sites (tertiary alicyclic amines) is 1. The van der Waals surface area contributed by atoms with Crippen molar-refractivity contribution >= 4 is 37.8 Å². The van der Waals surface area contributed by atoms with Crippen LogP contribution in [0.2, 0.25) is 0 Å². The van der Waals surface area contributed by atoms with Crippen molar-refractivity contribution in [3.05, 3.63) is 32.7 Å². The first-order valence-electron chi connectivity index (χ1n) is 6.29. The molecular formula is C14H17Br2NO2. The molecule has 1 aromatic rings. The second-order valence-corrected chi connectivity index (χ2v) is 6.78. The molecule has 0 spiro atoms. The average molecular weight is 391 g/mol. The van der Waals surface area contributed by atoms with Crippen LogP contribution in [0.5, 0.6) is 0 Å². The molecule has 1 fully saturated rings. The first-order chi connectivity index (χ1) is 9.01. The summed E-state index contributed by atoms with van der Waals surface area (Å²) in [6.07, 6.45) is 1.12. The SMILES string of the molecule is COC1CN(C(=O)c2cc(Br)cc(Br)c2)CCC1C. The van der Waals surface area contributed by atoms with E-state index < -0.39 is 0 Å². The zero-order chi connectivity index (χ0) is 14.0. The maximum absolute atomic E-state index is 12.5. The zero-order valence-corrected chi connectivity index (χ0v) is 14.2. The molecule has 3 nitrogen and oxygen atoms in total. The predicted molar refractivity (Wildman–Crippen MR) is 82.3 cm³/mol. The molecule has 1 saturated heterocycles. The number of carbonyl (C=O) groups excluding carboxylic acids is 1. The lowest BCUT2D eigenvalue weighted by atomic mass is 9.95. The van der Waals surface area contributed by atoms with Gasteiger partial charge < -0.3 is 9.64 Å². The van der Waals surface area contributed by atoms with Gasteiger partial charge >= 0.3 is 0 Å². The number of hydrogen-bond acceptors (Lipinski definition) is 2. The monoisotopic (exact) mass is 389 g/mol. The summed E-state index contributed by atoms with van der Waals surface area (Å²) in [6, 6.07) is 5.63. The number of piperidine rings is 1. The van der Waals surface area contributed by atoms with E-state index >= 15 is 0 Å². The molecule has 1 aromatic carbocycles. The van der Waals surface area contributed by atoms with Gasteiger partial charge in [-0.05, 0) is 30.5 Å². The minimum absolute atomic E-state index is 0.0657. The van der Waals surface area contributed by atoms with Crippen LogP contribution in [-0.4, -0.2) is 37.1 Å². The highest BCUT2D eigenvalue weighted by atomic mass is 79.9. The van der Waals surface area contributed by atoms with Crippen LogP contribution in [0.1, 0.15) is 23.7 Å². The lowest BCUT2D eigenvalue weighted by molar-refractivity contribution is -0.00157. The molecule has 1 aliphatic rings. The summed E-state index contributed by atoms with van der Waals surface area (Å²) in [5, 5.41) is 0. The van der Waals surface area contributed by atoms with Crippen LogP contribution in [-0.2, 0) is 4.74 Å². The number of nitrogens with zero attached hydrogens (tertiary/aromatic N) is 1.